The Bertz CT molecular complexity index is 1280. The predicted octanol–water partition coefficient (Wildman–Crippen LogP) is 3.94. The van der Waals surface area contributed by atoms with Gasteiger partial charge in [0.2, 0.25) is 0 Å². The highest BCUT2D eigenvalue weighted by Crippen LogP contribution is 2.42. The number of benzene rings is 2. The van der Waals surface area contributed by atoms with Gasteiger partial charge in [0.1, 0.15) is 17.0 Å². The molecule has 1 atom stereocenters. The van der Waals surface area contributed by atoms with Crippen LogP contribution in [0, 0.1) is 5.82 Å². The fourth-order valence-corrected chi connectivity index (χ4v) is 3.92. The van der Waals surface area contributed by atoms with Gasteiger partial charge in [-0.15, -0.1) is 13.2 Å². The van der Waals surface area contributed by atoms with Crippen molar-refractivity contribution in [2.75, 3.05) is 13.7 Å². The summed E-state index contributed by atoms with van der Waals surface area (Å²) in [7, 11) is 1.45. The van der Waals surface area contributed by atoms with Crippen molar-refractivity contribution in [3.05, 3.63) is 89.0 Å². The van der Waals surface area contributed by atoms with Crippen molar-refractivity contribution < 1.29 is 36.6 Å². The average Bonchev–Trinajstić information content (AvgIpc) is 2.84. The van der Waals surface area contributed by atoms with Gasteiger partial charge in [-0.1, -0.05) is 12.1 Å². The Morgan fingerprint density at radius 2 is 1.80 bits per heavy atom. The van der Waals surface area contributed by atoms with Crippen molar-refractivity contribution in [3.8, 4) is 11.5 Å². The van der Waals surface area contributed by atoms with Gasteiger partial charge >= 0.3 is 6.36 Å². The van der Waals surface area contributed by atoms with Crippen molar-refractivity contribution >= 4 is 11.8 Å². The maximum atomic E-state index is 14.7. The Labute approximate surface area is 197 Å². The van der Waals surface area contributed by atoms with Crippen LogP contribution in [0.1, 0.15) is 38.4 Å². The largest absolute Gasteiger partial charge is 0.573 e. The number of ether oxygens (including phenoxy) is 2. The zero-order valence-electron chi connectivity index (χ0n) is 18.3. The number of aromatic nitrogens is 1. The van der Waals surface area contributed by atoms with E-state index < -0.39 is 35.3 Å². The summed E-state index contributed by atoms with van der Waals surface area (Å²) in [6, 6.07) is 12.1. The minimum Gasteiger partial charge on any atom is -0.491 e. The molecule has 2 N–H and O–H groups in total. The molecule has 0 bridgehead atoms. The molecule has 0 aliphatic carbocycles. The summed E-state index contributed by atoms with van der Waals surface area (Å²) in [5.41, 5.74) is -0.645. The SMILES string of the molecule is CNC(=O)c1cccc(C(=O)N[C@]2(c3ccc(OC(F)(F)F)c(F)c3)CCOc3cccnc32)c1. The maximum Gasteiger partial charge on any atom is 0.573 e. The zero-order chi connectivity index (χ0) is 25.2. The van der Waals surface area contributed by atoms with E-state index in [-0.39, 0.29) is 35.4 Å². The van der Waals surface area contributed by atoms with Crippen LogP contribution in [0.25, 0.3) is 0 Å². The first-order chi connectivity index (χ1) is 16.6. The lowest BCUT2D eigenvalue weighted by molar-refractivity contribution is -0.275. The number of rotatable bonds is 5. The number of nitrogens with zero attached hydrogens (tertiary/aromatic N) is 1. The van der Waals surface area contributed by atoms with Crippen molar-refractivity contribution in [1.82, 2.24) is 15.6 Å². The first kappa shape index (κ1) is 24.0. The van der Waals surface area contributed by atoms with E-state index in [1.807, 2.05) is 0 Å². The Morgan fingerprint density at radius 1 is 1.06 bits per heavy atom. The quantitative estimate of drug-likeness (QED) is 0.530. The second-order valence-electron chi connectivity index (χ2n) is 7.66. The van der Waals surface area contributed by atoms with Crippen LogP contribution >= 0.6 is 0 Å². The minimum absolute atomic E-state index is 0.108. The Hall–Kier alpha value is -4.15. The molecule has 2 amide bonds. The third-order valence-electron chi connectivity index (χ3n) is 5.50. The number of carbonyl (C=O) groups excluding carboxylic acids is 2. The highest BCUT2D eigenvalue weighted by atomic mass is 19.4. The highest BCUT2D eigenvalue weighted by molar-refractivity contribution is 6.00. The molecule has 3 aromatic rings. The number of nitrogens with one attached hydrogen (secondary N) is 2. The number of halogens is 4. The number of alkyl halides is 3. The van der Waals surface area contributed by atoms with Crippen molar-refractivity contribution in [3.63, 3.8) is 0 Å². The van der Waals surface area contributed by atoms with Gasteiger partial charge in [0.15, 0.2) is 11.6 Å². The Morgan fingerprint density at radius 3 is 2.49 bits per heavy atom. The highest BCUT2D eigenvalue weighted by Gasteiger charge is 2.43. The molecule has 11 heteroatoms. The van der Waals surface area contributed by atoms with E-state index in [0.29, 0.717) is 5.75 Å². The summed E-state index contributed by atoms with van der Waals surface area (Å²) in [6.07, 6.45) is -3.51. The molecule has 1 aliphatic heterocycles. The molecule has 0 spiro atoms. The molecule has 0 unspecified atom stereocenters. The molecule has 0 fully saturated rings. The van der Waals surface area contributed by atoms with Crippen LogP contribution in [-0.4, -0.2) is 36.8 Å². The van der Waals surface area contributed by atoms with Crippen LogP contribution in [0.15, 0.2) is 60.8 Å². The number of amides is 2. The van der Waals surface area contributed by atoms with Crippen LogP contribution in [0.2, 0.25) is 0 Å². The predicted molar refractivity (Wildman–Crippen MR) is 116 cm³/mol. The molecule has 0 radical (unpaired) electrons. The zero-order valence-corrected chi connectivity index (χ0v) is 18.3. The van der Waals surface area contributed by atoms with E-state index in [2.05, 4.69) is 20.4 Å². The lowest BCUT2D eigenvalue weighted by Gasteiger charge is -2.39. The number of carbonyl (C=O) groups is 2. The standard InChI is InChI=1S/C24H19F4N3O4/c1-29-21(32)14-4-2-5-15(12-14)22(33)31-23(9-11-34-19-6-3-10-30-20(19)23)16-7-8-18(17(25)13-16)35-24(26,27)28/h2-8,10,12-13H,9,11H2,1H3,(H,29,32)(H,31,33)/t23-/m0/s1. The van der Waals surface area contributed by atoms with Gasteiger partial charge < -0.3 is 20.1 Å². The summed E-state index contributed by atoms with van der Waals surface area (Å²) in [5.74, 6) is -2.94. The molecule has 2 heterocycles. The second-order valence-corrected chi connectivity index (χ2v) is 7.66. The van der Waals surface area contributed by atoms with E-state index in [4.69, 9.17) is 4.74 Å². The van der Waals surface area contributed by atoms with E-state index in [1.54, 1.807) is 12.1 Å². The van der Waals surface area contributed by atoms with E-state index in [1.165, 1.54) is 43.6 Å². The average molecular weight is 489 g/mol. The van der Waals surface area contributed by atoms with Crippen LogP contribution in [0.3, 0.4) is 0 Å². The molecule has 35 heavy (non-hydrogen) atoms. The number of pyridine rings is 1. The first-order valence-corrected chi connectivity index (χ1v) is 10.4. The molecular weight excluding hydrogens is 470 g/mol. The smallest absolute Gasteiger partial charge is 0.491 e. The van der Waals surface area contributed by atoms with Gasteiger partial charge in [0, 0.05) is 30.8 Å². The summed E-state index contributed by atoms with van der Waals surface area (Å²) < 4.78 is 61.9. The Balaban J connectivity index is 1.79. The number of fused-ring (bicyclic) bond motifs is 1. The molecular formula is C24H19F4N3O4. The molecule has 7 nitrogen and oxygen atoms in total. The summed E-state index contributed by atoms with van der Waals surface area (Å²) in [6.45, 7) is 0.111. The van der Waals surface area contributed by atoms with Gasteiger partial charge in [-0.25, -0.2) is 4.39 Å². The molecule has 2 aromatic carbocycles. The summed E-state index contributed by atoms with van der Waals surface area (Å²) in [5, 5.41) is 5.33. The summed E-state index contributed by atoms with van der Waals surface area (Å²) in [4.78, 5) is 29.6. The van der Waals surface area contributed by atoms with Crippen LogP contribution < -0.4 is 20.1 Å². The van der Waals surface area contributed by atoms with E-state index in [0.717, 1.165) is 12.1 Å². The molecule has 182 valence electrons. The van der Waals surface area contributed by atoms with E-state index >= 15 is 0 Å². The van der Waals surface area contributed by atoms with Gasteiger partial charge in [0.25, 0.3) is 11.8 Å². The van der Waals surface area contributed by atoms with Crippen LogP contribution in [0.4, 0.5) is 17.6 Å². The number of hydrogen-bond donors (Lipinski definition) is 2. The van der Waals surface area contributed by atoms with Crippen molar-refractivity contribution in [2.45, 2.75) is 18.3 Å². The van der Waals surface area contributed by atoms with Gasteiger partial charge in [0.05, 0.1) is 6.61 Å². The van der Waals surface area contributed by atoms with Gasteiger partial charge in [-0.05, 0) is 48.0 Å². The fourth-order valence-electron chi connectivity index (χ4n) is 3.92. The third kappa shape index (κ3) is 4.88. The first-order valence-electron chi connectivity index (χ1n) is 10.4. The normalized spacial score (nSPS) is 17.1. The lowest BCUT2D eigenvalue weighted by Crippen LogP contribution is -2.50. The summed E-state index contributed by atoms with van der Waals surface area (Å²) >= 11 is 0. The third-order valence-corrected chi connectivity index (χ3v) is 5.50. The molecule has 0 saturated heterocycles. The molecule has 1 aromatic heterocycles. The Kier molecular flexibility index (Phi) is 6.33. The topological polar surface area (TPSA) is 89.6 Å². The van der Waals surface area contributed by atoms with E-state index in [9.17, 15) is 27.2 Å². The lowest BCUT2D eigenvalue weighted by atomic mass is 9.81. The van der Waals surface area contributed by atoms with Crippen LogP contribution in [-0.2, 0) is 5.54 Å². The second kappa shape index (κ2) is 9.24. The van der Waals surface area contributed by atoms with Crippen LogP contribution in [0.5, 0.6) is 11.5 Å². The maximum absolute atomic E-state index is 14.7. The molecule has 1 aliphatic rings. The monoisotopic (exact) mass is 489 g/mol. The van der Waals surface area contributed by atoms with Gasteiger partial charge in [-0.2, -0.15) is 0 Å². The minimum atomic E-state index is -5.07. The fraction of sp³-hybridized carbons (Fsp3) is 0.208. The molecule has 4 rings (SSSR count). The van der Waals surface area contributed by atoms with Crippen molar-refractivity contribution in [2.24, 2.45) is 0 Å². The molecule has 0 saturated carbocycles. The number of hydrogen-bond acceptors (Lipinski definition) is 5. The van der Waals surface area contributed by atoms with Gasteiger partial charge in [-0.3, -0.25) is 14.6 Å². The van der Waals surface area contributed by atoms with Crippen molar-refractivity contribution in [1.29, 1.82) is 0 Å².